The average molecular weight is 180 g/mol. The fraction of sp³-hybridized carbons (Fsp3) is 0.300. The molecule has 0 saturated carbocycles. The van der Waals surface area contributed by atoms with Crippen LogP contribution in [0.5, 0.6) is 5.75 Å². The van der Waals surface area contributed by atoms with Crippen molar-refractivity contribution in [1.82, 2.24) is 0 Å². The van der Waals surface area contributed by atoms with Gasteiger partial charge in [-0.1, -0.05) is 6.07 Å². The molecule has 0 bridgehead atoms. The molecule has 0 heterocycles. The first kappa shape index (κ1) is 9.74. The summed E-state index contributed by atoms with van der Waals surface area (Å²) in [5.74, 6) is 0.00667. The molecule has 0 amide bonds. The van der Waals surface area contributed by atoms with E-state index in [0.29, 0.717) is 25.1 Å². The molecule has 70 valence electrons. The van der Waals surface area contributed by atoms with Gasteiger partial charge >= 0.3 is 0 Å². The van der Waals surface area contributed by atoms with Crippen molar-refractivity contribution in [2.24, 2.45) is 0 Å². The van der Waals surface area contributed by atoms with Crippen LogP contribution in [0.2, 0.25) is 0 Å². The van der Waals surface area contributed by atoms with Crippen LogP contribution in [-0.2, 0) is 11.3 Å². The first-order chi connectivity index (χ1) is 6.27. The summed E-state index contributed by atoms with van der Waals surface area (Å²) < 4.78 is 5.15. The maximum atomic E-state index is 10.4. The van der Waals surface area contributed by atoms with Crippen molar-refractivity contribution in [3.63, 3.8) is 0 Å². The first-order valence-electron chi connectivity index (χ1n) is 4.12. The minimum Gasteiger partial charge on any atom is -0.507 e. The molecule has 0 aliphatic rings. The van der Waals surface area contributed by atoms with Crippen molar-refractivity contribution in [1.29, 1.82) is 0 Å². The molecular weight excluding hydrogens is 168 g/mol. The highest BCUT2D eigenvalue weighted by atomic mass is 16.5. The summed E-state index contributed by atoms with van der Waals surface area (Å²) in [6.45, 7) is 3.00. The molecule has 1 N–H and O–H groups in total. The number of hydrogen-bond acceptors (Lipinski definition) is 3. The lowest BCUT2D eigenvalue weighted by Gasteiger charge is -2.03. The number of aldehydes is 1. The number of carbonyl (C=O) groups excluding carboxylic acids is 1. The third-order valence-corrected chi connectivity index (χ3v) is 1.69. The second kappa shape index (κ2) is 4.62. The predicted octanol–water partition coefficient (Wildman–Crippen LogP) is 1.74. The van der Waals surface area contributed by atoms with Crippen LogP contribution in [0.25, 0.3) is 0 Å². The molecule has 0 aliphatic carbocycles. The zero-order chi connectivity index (χ0) is 9.68. The number of ether oxygens (including phenoxy) is 1. The topological polar surface area (TPSA) is 46.5 Å². The molecule has 1 rings (SSSR count). The van der Waals surface area contributed by atoms with Gasteiger partial charge in [0.1, 0.15) is 5.75 Å². The Balaban J connectivity index is 2.77. The van der Waals surface area contributed by atoms with Gasteiger partial charge < -0.3 is 9.84 Å². The van der Waals surface area contributed by atoms with E-state index in [0.717, 1.165) is 5.56 Å². The monoisotopic (exact) mass is 180 g/mol. The van der Waals surface area contributed by atoms with E-state index in [1.165, 1.54) is 0 Å². The lowest BCUT2D eigenvalue weighted by Crippen LogP contribution is -1.92. The summed E-state index contributed by atoms with van der Waals surface area (Å²) in [6, 6.07) is 4.88. The van der Waals surface area contributed by atoms with Gasteiger partial charge in [-0.25, -0.2) is 0 Å². The standard InChI is InChI=1S/C10H12O3/c1-2-13-7-8-3-4-9(6-11)10(12)5-8/h3-6,12H,2,7H2,1H3. The minimum absolute atomic E-state index is 0.00667. The molecule has 0 spiro atoms. The average Bonchev–Trinajstić information content (AvgIpc) is 2.15. The summed E-state index contributed by atoms with van der Waals surface area (Å²) in [7, 11) is 0. The van der Waals surface area contributed by atoms with Crippen LogP contribution in [0.1, 0.15) is 22.8 Å². The Kier molecular flexibility index (Phi) is 3.46. The lowest BCUT2D eigenvalue weighted by atomic mass is 10.1. The summed E-state index contributed by atoms with van der Waals surface area (Å²) >= 11 is 0. The fourth-order valence-electron chi connectivity index (χ4n) is 0.999. The van der Waals surface area contributed by atoms with E-state index in [2.05, 4.69) is 0 Å². The van der Waals surface area contributed by atoms with E-state index < -0.39 is 0 Å². The maximum absolute atomic E-state index is 10.4. The van der Waals surface area contributed by atoms with Crippen LogP contribution in [0.15, 0.2) is 18.2 Å². The molecule has 3 heteroatoms. The van der Waals surface area contributed by atoms with E-state index in [1.54, 1.807) is 18.2 Å². The Morgan fingerprint density at radius 3 is 2.85 bits per heavy atom. The fourth-order valence-corrected chi connectivity index (χ4v) is 0.999. The molecule has 0 unspecified atom stereocenters. The smallest absolute Gasteiger partial charge is 0.153 e. The molecule has 0 aromatic heterocycles. The number of benzene rings is 1. The maximum Gasteiger partial charge on any atom is 0.153 e. The summed E-state index contributed by atoms with van der Waals surface area (Å²) in [4.78, 5) is 10.4. The highest BCUT2D eigenvalue weighted by Crippen LogP contribution is 2.17. The molecular formula is C10H12O3. The Labute approximate surface area is 77.0 Å². The Morgan fingerprint density at radius 1 is 1.54 bits per heavy atom. The van der Waals surface area contributed by atoms with Gasteiger partial charge in [-0.3, -0.25) is 4.79 Å². The van der Waals surface area contributed by atoms with Crippen molar-refractivity contribution in [2.45, 2.75) is 13.5 Å². The quantitative estimate of drug-likeness (QED) is 0.718. The summed E-state index contributed by atoms with van der Waals surface area (Å²) in [5.41, 5.74) is 1.17. The molecule has 0 fully saturated rings. The van der Waals surface area contributed by atoms with E-state index in [9.17, 15) is 9.90 Å². The number of phenolic OH excluding ortho intramolecular Hbond substituents is 1. The van der Waals surface area contributed by atoms with Crippen molar-refractivity contribution in [3.8, 4) is 5.75 Å². The number of hydrogen-bond donors (Lipinski definition) is 1. The van der Waals surface area contributed by atoms with Gasteiger partial charge in [-0.05, 0) is 24.6 Å². The lowest BCUT2D eigenvalue weighted by molar-refractivity contribution is 0.112. The molecule has 3 nitrogen and oxygen atoms in total. The molecule has 0 atom stereocenters. The van der Waals surface area contributed by atoms with Crippen LogP contribution < -0.4 is 0 Å². The Bertz CT molecular complexity index is 294. The molecule has 1 aromatic carbocycles. The van der Waals surface area contributed by atoms with E-state index in [-0.39, 0.29) is 5.75 Å². The second-order valence-electron chi connectivity index (χ2n) is 2.65. The first-order valence-corrected chi connectivity index (χ1v) is 4.12. The molecule has 1 aromatic rings. The highest BCUT2D eigenvalue weighted by Gasteiger charge is 2.00. The second-order valence-corrected chi connectivity index (χ2v) is 2.65. The number of aromatic hydroxyl groups is 1. The summed E-state index contributed by atoms with van der Waals surface area (Å²) in [5, 5.41) is 9.30. The minimum atomic E-state index is 0.00667. The summed E-state index contributed by atoms with van der Waals surface area (Å²) in [6.07, 6.45) is 0.625. The van der Waals surface area contributed by atoms with Crippen molar-refractivity contribution in [3.05, 3.63) is 29.3 Å². The third-order valence-electron chi connectivity index (χ3n) is 1.69. The van der Waals surface area contributed by atoms with Gasteiger partial charge in [0.25, 0.3) is 0 Å². The normalized spacial score (nSPS) is 9.92. The van der Waals surface area contributed by atoms with Crippen LogP contribution in [-0.4, -0.2) is 18.0 Å². The molecule has 0 radical (unpaired) electrons. The highest BCUT2D eigenvalue weighted by molar-refractivity contribution is 5.79. The Hall–Kier alpha value is -1.35. The largest absolute Gasteiger partial charge is 0.507 e. The molecule has 0 saturated heterocycles. The van der Waals surface area contributed by atoms with Gasteiger partial charge in [0, 0.05) is 6.61 Å². The van der Waals surface area contributed by atoms with Crippen molar-refractivity contribution < 1.29 is 14.6 Å². The van der Waals surface area contributed by atoms with Gasteiger partial charge in [-0.2, -0.15) is 0 Å². The SMILES string of the molecule is CCOCc1ccc(C=O)c(O)c1. The number of phenols is 1. The van der Waals surface area contributed by atoms with Gasteiger partial charge in [0.15, 0.2) is 6.29 Å². The van der Waals surface area contributed by atoms with E-state index in [4.69, 9.17) is 4.74 Å². The van der Waals surface area contributed by atoms with Gasteiger partial charge in [-0.15, -0.1) is 0 Å². The van der Waals surface area contributed by atoms with E-state index in [1.807, 2.05) is 6.92 Å². The van der Waals surface area contributed by atoms with Crippen LogP contribution in [0.3, 0.4) is 0 Å². The van der Waals surface area contributed by atoms with Crippen LogP contribution in [0, 0.1) is 0 Å². The van der Waals surface area contributed by atoms with Gasteiger partial charge in [0.2, 0.25) is 0 Å². The number of carbonyl (C=O) groups is 1. The Morgan fingerprint density at radius 2 is 2.31 bits per heavy atom. The zero-order valence-electron chi connectivity index (χ0n) is 7.49. The predicted molar refractivity (Wildman–Crippen MR) is 48.8 cm³/mol. The van der Waals surface area contributed by atoms with E-state index >= 15 is 0 Å². The number of rotatable bonds is 4. The van der Waals surface area contributed by atoms with Crippen molar-refractivity contribution in [2.75, 3.05) is 6.61 Å². The molecule has 13 heavy (non-hydrogen) atoms. The van der Waals surface area contributed by atoms with Crippen LogP contribution in [0.4, 0.5) is 0 Å². The van der Waals surface area contributed by atoms with Gasteiger partial charge in [0.05, 0.1) is 12.2 Å². The van der Waals surface area contributed by atoms with Crippen molar-refractivity contribution >= 4 is 6.29 Å². The zero-order valence-corrected chi connectivity index (χ0v) is 7.49. The molecule has 0 aliphatic heterocycles. The third kappa shape index (κ3) is 2.56. The van der Waals surface area contributed by atoms with Crippen LogP contribution >= 0.6 is 0 Å².